The topological polar surface area (TPSA) is 49.3 Å². The van der Waals surface area contributed by atoms with Crippen LogP contribution < -0.4 is 5.32 Å². The van der Waals surface area contributed by atoms with Gasteiger partial charge in [-0.1, -0.05) is 52.5 Å². The Hall–Kier alpha value is -0.970. The number of hydrogen-bond acceptors (Lipinski definition) is 2. The fourth-order valence-corrected chi connectivity index (χ4v) is 3.10. The summed E-state index contributed by atoms with van der Waals surface area (Å²) in [6.07, 6.45) is -0.860. The summed E-state index contributed by atoms with van der Waals surface area (Å²) >= 11 is 23.2. The molecule has 0 saturated carbocycles. The van der Waals surface area contributed by atoms with Crippen LogP contribution in [0.3, 0.4) is 0 Å². The van der Waals surface area contributed by atoms with Crippen LogP contribution in [0.25, 0.3) is 11.1 Å². The lowest BCUT2D eigenvalue weighted by Crippen LogP contribution is -2.19. The number of aliphatic hydroxyl groups is 1. The molecule has 1 atom stereocenters. The van der Waals surface area contributed by atoms with E-state index in [-0.39, 0.29) is 0 Å². The van der Waals surface area contributed by atoms with Gasteiger partial charge in [0.1, 0.15) is 6.10 Å². The molecule has 114 valence electrons. The number of carbonyl (C=O) groups excluding carboxylic acids is 1. The van der Waals surface area contributed by atoms with Gasteiger partial charge >= 0.3 is 0 Å². The highest BCUT2D eigenvalue weighted by Crippen LogP contribution is 2.49. The molecule has 0 spiro atoms. The van der Waals surface area contributed by atoms with Gasteiger partial charge in [-0.05, 0) is 41.0 Å². The number of aliphatic hydroxyl groups excluding tert-OH is 1. The monoisotopic (exact) mass is 375 g/mol. The first kappa shape index (κ1) is 15.9. The molecule has 2 aromatic carbocycles. The second kappa shape index (κ2) is 5.91. The van der Waals surface area contributed by atoms with Gasteiger partial charge in [-0.15, -0.1) is 0 Å². The van der Waals surface area contributed by atoms with Gasteiger partial charge in [-0.2, -0.15) is 0 Å². The summed E-state index contributed by atoms with van der Waals surface area (Å²) in [5.74, 6) is -0.565. The molecular formula is C15H9Cl4NO2. The van der Waals surface area contributed by atoms with Crippen molar-refractivity contribution in [2.45, 2.75) is 10.9 Å². The third-order valence-corrected chi connectivity index (χ3v) is 4.31. The summed E-state index contributed by atoms with van der Waals surface area (Å²) in [4.78, 5) is 10.6. The Bertz CT molecular complexity index is 776. The minimum Gasteiger partial charge on any atom is -0.384 e. The van der Waals surface area contributed by atoms with Crippen molar-refractivity contribution in [3.05, 3.63) is 51.5 Å². The van der Waals surface area contributed by atoms with Crippen LogP contribution in [0.2, 0.25) is 10.0 Å². The van der Waals surface area contributed by atoms with Crippen LogP contribution in [0.1, 0.15) is 17.2 Å². The molecule has 0 aliphatic heterocycles. The molecule has 3 nitrogen and oxygen atoms in total. The Morgan fingerprint density at radius 3 is 2.45 bits per heavy atom. The Balaban J connectivity index is 2.18. The minimum absolute atomic E-state index is 0.382. The number of amides is 1. The highest BCUT2D eigenvalue weighted by atomic mass is 35.5. The van der Waals surface area contributed by atoms with Crippen molar-refractivity contribution in [1.29, 1.82) is 0 Å². The van der Waals surface area contributed by atoms with Crippen molar-refractivity contribution in [2.24, 2.45) is 0 Å². The first-order valence-corrected chi connectivity index (χ1v) is 7.91. The summed E-state index contributed by atoms with van der Waals surface area (Å²) in [7, 11) is 0. The van der Waals surface area contributed by atoms with E-state index in [2.05, 4.69) is 5.32 Å². The molecule has 1 amide bonds. The van der Waals surface area contributed by atoms with E-state index in [1.807, 2.05) is 0 Å². The van der Waals surface area contributed by atoms with E-state index < -0.39 is 16.8 Å². The largest absolute Gasteiger partial charge is 0.384 e. The quantitative estimate of drug-likeness (QED) is 0.739. The van der Waals surface area contributed by atoms with Crippen molar-refractivity contribution in [1.82, 2.24) is 0 Å². The lowest BCUT2D eigenvalue weighted by Gasteiger charge is -2.13. The van der Waals surface area contributed by atoms with Crippen LogP contribution in [0.15, 0.2) is 30.3 Å². The van der Waals surface area contributed by atoms with E-state index in [0.717, 1.165) is 5.56 Å². The summed E-state index contributed by atoms with van der Waals surface area (Å²) in [5, 5.41) is 14.0. The molecule has 2 N–H and O–H groups in total. The zero-order valence-corrected chi connectivity index (χ0v) is 13.9. The van der Waals surface area contributed by atoms with E-state index in [0.29, 0.717) is 32.4 Å². The van der Waals surface area contributed by atoms with Crippen LogP contribution >= 0.6 is 46.4 Å². The minimum atomic E-state index is -1.20. The molecule has 0 heterocycles. The Morgan fingerprint density at radius 2 is 1.77 bits per heavy atom. The normalized spacial score (nSPS) is 15.6. The fraction of sp³-hybridized carbons (Fsp3) is 0.133. The number of alkyl halides is 2. The highest BCUT2D eigenvalue weighted by molar-refractivity contribution is 6.54. The number of rotatable bonds is 2. The summed E-state index contributed by atoms with van der Waals surface area (Å²) in [5.41, 5.74) is 3.17. The highest BCUT2D eigenvalue weighted by Gasteiger charge is 2.30. The zero-order chi connectivity index (χ0) is 16.0. The molecule has 0 aromatic heterocycles. The fourth-order valence-electron chi connectivity index (χ4n) is 2.59. The Morgan fingerprint density at radius 1 is 1.09 bits per heavy atom. The lowest BCUT2D eigenvalue weighted by molar-refractivity contribution is -0.114. The van der Waals surface area contributed by atoms with Crippen LogP contribution in [0, 0.1) is 0 Å². The van der Waals surface area contributed by atoms with Gasteiger partial charge < -0.3 is 10.4 Å². The number of halogens is 4. The molecule has 0 radical (unpaired) electrons. The molecule has 7 heteroatoms. The summed E-state index contributed by atoms with van der Waals surface area (Å²) in [6, 6.07) is 8.44. The average molecular weight is 377 g/mol. The van der Waals surface area contributed by atoms with Gasteiger partial charge in [0.25, 0.3) is 5.91 Å². The van der Waals surface area contributed by atoms with E-state index in [1.54, 1.807) is 30.3 Å². The van der Waals surface area contributed by atoms with Crippen molar-refractivity contribution < 1.29 is 9.90 Å². The second-order valence-electron chi connectivity index (χ2n) is 4.84. The van der Waals surface area contributed by atoms with Gasteiger partial charge in [-0.25, -0.2) is 0 Å². The number of fused-ring (bicyclic) bond motifs is 3. The predicted molar refractivity (Wildman–Crippen MR) is 90.1 cm³/mol. The van der Waals surface area contributed by atoms with Gasteiger partial charge in [0.15, 0.2) is 4.84 Å². The number of hydrogen-bond donors (Lipinski definition) is 2. The third-order valence-electron chi connectivity index (χ3n) is 3.46. The SMILES string of the molecule is O=C(Nc1cc(Cl)cc2c1-c1ccc(Cl)cc1C2O)C(Cl)Cl. The lowest BCUT2D eigenvalue weighted by atomic mass is 10.0. The first-order valence-electron chi connectivity index (χ1n) is 6.29. The molecule has 1 unspecified atom stereocenters. The number of carbonyl (C=O) groups is 1. The number of anilines is 1. The zero-order valence-electron chi connectivity index (χ0n) is 10.9. The van der Waals surface area contributed by atoms with E-state index in [1.165, 1.54) is 0 Å². The van der Waals surface area contributed by atoms with Crippen LogP contribution in [-0.4, -0.2) is 15.8 Å². The van der Waals surface area contributed by atoms with E-state index in [9.17, 15) is 9.90 Å². The van der Waals surface area contributed by atoms with Crippen LogP contribution in [-0.2, 0) is 4.79 Å². The van der Waals surface area contributed by atoms with Crippen molar-refractivity contribution in [3.63, 3.8) is 0 Å². The smallest absolute Gasteiger partial charge is 0.257 e. The van der Waals surface area contributed by atoms with Crippen LogP contribution in [0.4, 0.5) is 5.69 Å². The Kier molecular flexibility index (Phi) is 4.27. The Labute approximate surface area is 146 Å². The average Bonchev–Trinajstić information content (AvgIpc) is 2.72. The maximum atomic E-state index is 11.8. The summed E-state index contributed by atoms with van der Waals surface area (Å²) < 4.78 is 0. The molecule has 22 heavy (non-hydrogen) atoms. The standard InChI is InChI=1S/C15H9Cl4NO2/c16-6-1-2-8-9(3-6)13(21)10-4-7(17)5-11(12(8)10)20-15(22)14(18)19/h1-5,13-14,21H,(H,20,22). The molecule has 0 bridgehead atoms. The third kappa shape index (κ3) is 2.68. The van der Waals surface area contributed by atoms with Gasteiger partial charge in [0, 0.05) is 15.6 Å². The molecule has 3 rings (SSSR count). The molecular weight excluding hydrogens is 368 g/mol. The molecule has 2 aromatic rings. The number of benzene rings is 2. The molecule has 0 fully saturated rings. The van der Waals surface area contributed by atoms with Crippen molar-refractivity contribution in [2.75, 3.05) is 5.32 Å². The molecule has 0 saturated heterocycles. The maximum Gasteiger partial charge on any atom is 0.257 e. The van der Waals surface area contributed by atoms with Crippen molar-refractivity contribution in [3.8, 4) is 11.1 Å². The van der Waals surface area contributed by atoms with E-state index in [4.69, 9.17) is 46.4 Å². The number of nitrogens with one attached hydrogen (secondary N) is 1. The molecule has 1 aliphatic carbocycles. The van der Waals surface area contributed by atoms with Gasteiger partial charge in [0.2, 0.25) is 0 Å². The second-order valence-corrected chi connectivity index (χ2v) is 6.81. The van der Waals surface area contributed by atoms with Crippen LogP contribution in [0.5, 0.6) is 0 Å². The maximum absolute atomic E-state index is 11.8. The predicted octanol–water partition coefficient (Wildman–Crippen LogP) is 4.80. The van der Waals surface area contributed by atoms with Gasteiger partial charge in [-0.3, -0.25) is 4.79 Å². The van der Waals surface area contributed by atoms with E-state index >= 15 is 0 Å². The van der Waals surface area contributed by atoms with Crippen molar-refractivity contribution >= 4 is 58.0 Å². The summed E-state index contributed by atoms with van der Waals surface area (Å²) in [6.45, 7) is 0. The molecule has 1 aliphatic rings. The first-order chi connectivity index (χ1) is 10.4. The van der Waals surface area contributed by atoms with Gasteiger partial charge in [0.05, 0.1) is 5.69 Å².